The number of imide groups is 1. The van der Waals surface area contributed by atoms with E-state index in [0.29, 0.717) is 18.0 Å². The van der Waals surface area contributed by atoms with E-state index < -0.39 is 17.9 Å². The Morgan fingerprint density at radius 1 is 1.03 bits per heavy atom. The highest BCUT2D eigenvalue weighted by atomic mass is 16.5. The molecule has 0 aromatic heterocycles. The molecule has 1 heterocycles. The highest BCUT2D eigenvalue weighted by molar-refractivity contribution is 6.23. The van der Waals surface area contributed by atoms with Crippen LogP contribution in [0.1, 0.15) is 31.7 Å². The van der Waals surface area contributed by atoms with Crippen molar-refractivity contribution in [2.24, 2.45) is 5.92 Å². The Morgan fingerprint density at radius 3 is 2.30 bits per heavy atom. The van der Waals surface area contributed by atoms with Crippen molar-refractivity contribution in [1.82, 2.24) is 4.90 Å². The molecule has 3 amide bonds. The summed E-state index contributed by atoms with van der Waals surface area (Å²) in [7, 11) is 0. The first-order valence-corrected chi connectivity index (χ1v) is 9.93. The molecule has 0 N–H and O–H groups in total. The lowest BCUT2D eigenvalue weighted by atomic mass is 10.1. The summed E-state index contributed by atoms with van der Waals surface area (Å²) in [4.78, 5) is 52.6. The summed E-state index contributed by atoms with van der Waals surface area (Å²) in [6.07, 6.45) is 1.59. The van der Waals surface area contributed by atoms with Gasteiger partial charge in [0.2, 0.25) is 11.8 Å². The number of anilines is 1. The Labute approximate surface area is 174 Å². The van der Waals surface area contributed by atoms with Gasteiger partial charge in [0.05, 0.1) is 12.1 Å². The van der Waals surface area contributed by atoms with Crippen LogP contribution in [0.3, 0.4) is 0 Å². The summed E-state index contributed by atoms with van der Waals surface area (Å²) in [5, 5.41) is 0. The zero-order chi connectivity index (χ0) is 21.3. The van der Waals surface area contributed by atoms with Crippen molar-refractivity contribution in [3.8, 4) is 5.75 Å². The van der Waals surface area contributed by atoms with E-state index in [0.717, 1.165) is 23.3 Å². The summed E-state index contributed by atoms with van der Waals surface area (Å²) in [5.41, 5.74) is 1.30. The number of ether oxygens (including phenoxy) is 1. The van der Waals surface area contributed by atoms with Crippen molar-refractivity contribution in [3.05, 3.63) is 60.2 Å². The standard InChI is InChI=1S/C23H22N2O5/c1-15(26)30-19-11-9-18(10-12-19)25-21(27)13-20(23(25)29)24(22(28)17-7-8-17)14-16-5-3-2-4-6-16/h2-6,9-12,17,20H,7-8,13-14H2,1H3. The van der Waals surface area contributed by atoms with Gasteiger partial charge in [-0.2, -0.15) is 0 Å². The van der Waals surface area contributed by atoms with Gasteiger partial charge in [0.25, 0.3) is 5.91 Å². The van der Waals surface area contributed by atoms with Crippen LogP contribution in [0.15, 0.2) is 54.6 Å². The molecular weight excluding hydrogens is 384 g/mol. The molecule has 4 rings (SSSR count). The number of carbonyl (C=O) groups excluding carboxylic acids is 4. The number of hydrogen-bond donors (Lipinski definition) is 0. The molecule has 2 fully saturated rings. The maximum absolute atomic E-state index is 13.2. The fraction of sp³-hybridized carbons (Fsp3) is 0.304. The second-order valence-electron chi connectivity index (χ2n) is 7.60. The number of hydrogen-bond acceptors (Lipinski definition) is 5. The monoisotopic (exact) mass is 406 g/mol. The minimum atomic E-state index is -0.820. The molecule has 7 nitrogen and oxygen atoms in total. The molecule has 1 aliphatic heterocycles. The van der Waals surface area contributed by atoms with Crippen molar-refractivity contribution in [2.75, 3.05) is 4.90 Å². The average Bonchev–Trinajstić information content (AvgIpc) is 3.53. The van der Waals surface area contributed by atoms with Crippen LogP contribution in [0, 0.1) is 5.92 Å². The molecule has 154 valence electrons. The molecule has 1 saturated heterocycles. The summed E-state index contributed by atoms with van der Waals surface area (Å²) < 4.78 is 5.00. The zero-order valence-corrected chi connectivity index (χ0v) is 16.6. The van der Waals surface area contributed by atoms with E-state index in [1.54, 1.807) is 17.0 Å². The molecule has 1 aliphatic carbocycles. The van der Waals surface area contributed by atoms with Gasteiger partial charge in [0, 0.05) is 19.4 Å². The van der Waals surface area contributed by atoms with Crippen LogP contribution in [-0.4, -0.2) is 34.6 Å². The molecule has 0 bridgehead atoms. The number of amides is 3. The number of rotatable bonds is 6. The first kappa shape index (κ1) is 19.8. The van der Waals surface area contributed by atoms with E-state index in [2.05, 4.69) is 0 Å². The van der Waals surface area contributed by atoms with E-state index in [9.17, 15) is 19.2 Å². The minimum Gasteiger partial charge on any atom is -0.427 e. The van der Waals surface area contributed by atoms with Gasteiger partial charge in [-0.1, -0.05) is 30.3 Å². The number of esters is 1. The Bertz CT molecular complexity index is 982. The van der Waals surface area contributed by atoms with Crippen LogP contribution >= 0.6 is 0 Å². The highest BCUT2D eigenvalue weighted by Gasteiger charge is 2.46. The second-order valence-corrected chi connectivity index (χ2v) is 7.60. The van der Waals surface area contributed by atoms with Gasteiger partial charge in [0.1, 0.15) is 11.8 Å². The van der Waals surface area contributed by atoms with Gasteiger partial charge < -0.3 is 9.64 Å². The first-order valence-electron chi connectivity index (χ1n) is 9.93. The van der Waals surface area contributed by atoms with Gasteiger partial charge in [-0.25, -0.2) is 4.90 Å². The van der Waals surface area contributed by atoms with Crippen molar-refractivity contribution in [2.45, 2.75) is 38.8 Å². The summed E-state index contributed by atoms with van der Waals surface area (Å²) in [6, 6.07) is 14.8. The van der Waals surface area contributed by atoms with E-state index in [1.807, 2.05) is 30.3 Å². The van der Waals surface area contributed by atoms with Crippen LogP contribution in [0.5, 0.6) is 5.75 Å². The fourth-order valence-corrected chi connectivity index (χ4v) is 3.65. The Balaban J connectivity index is 1.57. The summed E-state index contributed by atoms with van der Waals surface area (Å²) in [6.45, 7) is 1.59. The molecule has 1 atom stereocenters. The largest absolute Gasteiger partial charge is 0.427 e. The van der Waals surface area contributed by atoms with Gasteiger partial charge in [0.15, 0.2) is 0 Å². The maximum Gasteiger partial charge on any atom is 0.308 e. The highest BCUT2D eigenvalue weighted by Crippen LogP contribution is 2.35. The molecule has 2 aromatic carbocycles. The van der Waals surface area contributed by atoms with Gasteiger partial charge in [-0.05, 0) is 42.7 Å². The van der Waals surface area contributed by atoms with Crippen molar-refractivity contribution < 1.29 is 23.9 Å². The third-order valence-electron chi connectivity index (χ3n) is 5.26. The molecular formula is C23H22N2O5. The molecule has 2 aromatic rings. The quantitative estimate of drug-likeness (QED) is 0.418. The van der Waals surface area contributed by atoms with E-state index in [1.165, 1.54) is 19.1 Å². The Kier molecular flexibility index (Phi) is 5.35. The second kappa shape index (κ2) is 8.10. The third-order valence-corrected chi connectivity index (χ3v) is 5.26. The summed E-state index contributed by atoms with van der Waals surface area (Å²) in [5.74, 6) is -1.02. The SMILES string of the molecule is CC(=O)Oc1ccc(N2C(=O)CC(N(Cc3ccccc3)C(=O)C3CC3)C2=O)cc1. The number of benzene rings is 2. The lowest BCUT2D eigenvalue weighted by molar-refractivity contribution is -0.140. The maximum atomic E-state index is 13.2. The molecule has 7 heteroatoms. The lowest BCUT2D eigenvalue weighted by Gasteiger charge is -2.28. The number of nitrogens with zero attached hydrogens (tertiary/aromatic N) is 2. The van der Waals surface area contributed by atoms with Gasteiger partial charge in [-0.3, -0.25) is 19.2 Å². The van der Waals surface area contributed by atoms with Gasteiger partial charge in [-0.15, -0.1) is 0 Å². The first-order chi connectivity index (χ1) is 14.4. The smallest absolute Gasteiger partial charge is 0.308 e. The normalized spacial score (nSPS) is 18.4. The van der Waals surface area contributed by atoms with Crippen molar-refractivity contribution in [3.63, 3.8) is 0 Å². The van der Waals surface area contributed by atoms with Crippen LogP contribution in [0.2, 0.25) is 0 Å². The molecule has 0 spiro atoms. The Morgan fingerprint density at radius 2 is 1.70 bits per heavy atom. The third kappa shape index (κ3) is 4.10. The van der Waals surface area contributed by atoms with Crippen molar-refractivity contribution >= 4 is 29.4 Å². The molecule has 30 heavy (non-hydrogen) atoms. The van der Waals surface area contributed by atoms with Gasteiger partial charge >= 0.3 is 5.97 Å². The van der Waals surface area contributed by atoms with Crippen LogP contribution in [-0.2, 0) is 25.7 Å². The number of carbonyl (C=O) groups is 4. The van der Waals surface area contributed by atoms with Crippen LogP contribution < -0.4 is 9.64 Å². The molecule has 2 aliphatic rings. The predicted octanol–water partition coefficient (Wildman–Crippen LogP) is 2.68. The predicted molar refractivity (Wildman–Crippen MR) is 108 cm³/mol. The minimum absolute atomic E-state index is 0.0458. The van der Waals surface area contributed by atoms with E-state index >= 15 is 0 Å². The van der Waals surface area contributed by atoms with E-state index in [-0.39, 0.29) is 24.2 Å². The van der Waals surface area contributed by atoms with Crippen LogP contribution in [0.4, 0.5) is 5.69 Å². The van der Waals surface area contributed by atoms with Crippen LogP contribution in [0.25, 0.3) is 0 Å². The lowest BCUT2D eigenvalue weighted by Crippen LogP contribution is -2.45. The average molecular weight is 406 g/mol. The fourth-order valence-electron chi connectivity index (χ4n) is 3.65. The zero-order valence-electron chi connectivity index (χ0n) is 16.6. The topological polar surface area (TPSA) is 84.0 Å². The molecule has 0 radical (unpaired) electrons. The van der Waals surface area contributed by atoms with Crippen molar-refractivity contribution in [1.29, 1.82) is 0 Å². The molecule has 1 saturated carbocycles. The van der Waals surface area contributed by atoms with E-state index in [4.69, 9.17) is 4.74 Å². The Hall–Kier alpha value is -3.48. The summed E-state index contributed by atoms with van der Waals surface area (Å²) >= 11 is 0. The molecule has 1 unspecified atom stereocenters.